The molecule has 1 heterocycles. The Labute approximate surface area is 122 Å². The van der Waals surface area contributed by atoms with Crippen molar-refractivity contribution >= 4 is 23.4 Å². The van der Waals surface area contributed by atoms with Gasteiger partial charge >= 0.3 is 0 Å². The maximum Gasteiger partial charge on any atom is 0.260 e. The van der Waals surface area contributed by atoms with Crippen LogP contribution in [0.4, 0.5) is 0 Å². The summed E-state index contributed by atoms with van der Waals surface area (Å²) >= 11 is 7.73. The monoisotopic (exact) mass is 296 g/mol. The molecule has 2 rings (SSSR count). The number of halogens is 1. The normalized spacial score (nSPS) is 12.6. The third-order valence-electron chi connectivity index (χ3n) is 2.84. The van der Waals surface area contributed by atoms with E-state index in [0.717, 1.165) is 29.0 Å². The van der Waals surface area contributed by atoms with Crippen LogP contribution in [0.5, 0.6) is 0 Å². The van der Waals surface area contributed by atoms with E-state index < -0.39 is 0 Å². The summed E-state index contributed by atoms with van der Waals surface area (Å²) in [7, 11) is 0. The molecule has 1 unspecified atom stereocenters. The van der Waals surface area contributed by atoms with Crippen LogP contribution in [0, 0.1) is 6.92 Å². The van der Waals surface area contributed by atoms with Crippen molar-refractivity contribution in [1.29, 1.82) is 0 Å². The van der Waals surface area contributed by atoms with Gasteiger partial charge < -0.3 is 10.2 Å². The van der Waals surface area contributed by atoms with Gasteiger partial charge in [-0.25, -0.2) is 4.98 Å². The molecule has 0 amide bonds. The molecule has 102 valence electrons. The fourth-order valence-corrected chi connectivity index (χ4v) is 2.94. The molecule has 1 aromatic carbocycles. The van der Waals surface area contributed by atoms with Gasteiger partial charge in [-0.2, -0.15) is 0 Å². The zero-order valence-electron chi connectivity index (χ0n) is 11.0. The number of aromatic nitrogens is 1. The Morgan fingerprint density at radius 2 is 2.26 bits per heavy atom. The van der Waals surface area contributed by atoms with E-state index in [-0.39, 0.29) is 6.04 Å². The van der Waals surface area contributed by atoms with Crippen molar-refractivity contribution in [3.05, 3.63) is 40.7 Å². The summed E-state index contributed by atoms with van der Waals surface area (Å²) in [6, 6.07) is 6.02. The second-order valence-corrected chi connectivity index (χ2v) is 5.83. The zero-order chi connectivity index (χ0) is 13.8. The number of oxazole rings is 1. The van der Waals surface area contributed by atoms with E-state index in [1.807, 2.05) is 19.1 Å². The molecule has 1 atom stereocenters. The van der Waals surface area contributed by atoms with Crippen molar-refractivity contribution in [1.82, 2.24) is 4.98 Å². The first kappa shape index (κ1) is 14.4. The van der Waals surface area contributed by atoms with Crippen LogP contribution in [0.25, 0.3) is 0 Å². The van der Waals surface area contributed by atoms with Crippen LogP contribution in [0.2, 0.25) is 5.02 Å². The van der Waals surface area contributed by atoms with Crippen molar-refractivity contribution in [3.8, 4) is 0 Å². The maximum absolute atomic E-state index is 6.28. The Morgan fingerprint density at radius 1 is 1.47 bits per heavy atom. The number of rotatable bonds is 5. The summed E-state index contributed by atoms with van der Waals surface area (Å²) in [4.78, 5) is 5.28. The van der Waals surface area contributed by atoms with Gasteiger partial charge in [-0.1, -0.05) is 30.7 Å². The number of nitrogens with zero attached hydrogens (tertiary/aromatic N) is 1. The summed E-state index contributed by atoms with van der Waals surface area (Å²) in [6.45, 7) is 3.98. The number of nitrogens with two attached hydrogens (primary N) is 1. The molecule has 2 N–H and O–H groups in total. The van der Waals surface area contributed by atoms with Crippen molar-refractivity contribution < 1.29 is 4.42 Å². The van der Waals surface area contributed by atoms with Crippen LogP contribution in [0.1, 0.15) is 24.6 Å². The smallest absolute Gasteiger partial charge is 0.260 e. The van der Waals surface area contributed by atoms with Gasteiger partial charge in [-0.3, -0.25) is 0 Å². The first-order chi connectivity index (χ1) is 9.10. The SMILES string of the molecule is CCC(N)Cc1cccc(Cl)c1Sc1nc(C)co1. The lowest BCUT2D eigenvalue weighted by atomic mass is 10.0. The van der Waals surface area contributed by atoms with Crippen LogP contribution in [0.15, 0.2) is 39.0 Å². The highest BCUT2D eigenvalue weighted by atomic mass is 35.5. The summed E-state index contributed by atoms with van der Waals surface area (Å²) in [6.07, 6.45) is 3.38. The van der Waals surface area contributed by atoms with Crippen LogP contribution >= 0.6 is 23.4 Å². The van der Waals surface area contributed by atoms with Gasteiger partial charge in [0.1, 0.15) is 6.26 Å². The summed E-state index contributed by atoms with van der Waals surface area (Å²) in [5, 5.41) is 1.32. The molecule has 0 fully saturated rings. The topological polar surface area (TPSA) is 52.0 Å². The first-order valence-corrected chi connectivity index (χ1v) is 7.42. The minimum Gasteiger partial charge on any atom is -0.439 e. The van der Waals surface area contributed by atoms with Crippen LogP contribution in [-0.4, -0.2) is 11.0 Å². The van der Waals surface area contributed by atoms with E-state index in [1.165, 1.54) is 11.8 Å². The molecular formula is C14H17ClN2OS. The van der Waals surface area contributed by atoms with E-state index in [2.05, 4.69) is 18.0 Å². The molecule has 5 heteroatoms. The van der Waals surface area contributed by atoms with Crippen molar-refractivity contribution in [2.75, 3.05) is 0 Å². The van der Waals surface area contributed by atoms with E-state index >= 15 is 0 Å². The van der Waals surface area contributed by atoms with Gasteiger partial charge in [0, 0.05) is 10.9 Å². The molecule has 0 radical (unpaired) electrons. The van der Waals surface area contributed by atoms with Crippen LogP contribution in [-0.2, 0) is 6.42 Å². The lowest BCUT2D eigenvalue weighted by Gasteiger charge is -2.13. The molecule has 0 bridgehead atoms. The highest BCUT2D eigenvalue weighted by molar-refractivity contribution is 7.99. The Morgan fingerprint density at radius 3 is 2.89 bits per heavy atom. The molecule has 0 saturated heterocycles. The predicted molar refractivity (Wildman–Crippen MR) is 78.8 cm³/mol. The number of aryl methyl sites for hydroxylation is 1. The zero-order valence-corrected chi connectivity index (χ0v) is 12.6. The molecular weight excluding hydrogens is 280 g/mol. The Kier molecular flexibility index (Phi) is 4.91. The number of hydrogen-bond donors (Lipinski definition) is 1. The van der Waals surface area contributed by atoms with E-state index in [9.17, 15) is 0 Å². The first-order valence-electron chi connectivity index (χ1n) is 6.23. The molecule has 2 aromatic rings. The maximum atomic E-state index is 6.28. The van der Waals surface area contributed by atoms with Gasteiger partial charge in [-0.05, 0) is 43.2 Å². The van der Waals surface area contributed by atoms with Crippen LogP contribution in [0.3, 0.4) is 0 Å². The van der Waals surface area contributed by atoms with Gasteiger partial charge in [0.2, 0.25) is 0 Å². The molecule has 0 aliphatic rings. The lowest BCUT2D eigenvalue weighted by molar-refractivity contribution is 0.454. The largest absolute Gasteiger partial charge is 0.439 e. The molecule has 0 aliphatic heterocycles. The van der Waals surface area contributed by atoms with E-state index in [0.29, 0.717) is 10.2 Å². The van der Waals surface area contributed by atoms with Crippen LogP contribution < -0.4 is 5.73 Å². The van der Waals surface area contributed by atoms with Crippen molar-refractivity contribution in [2.24, 2.45) is 5.73 Å². The van der Waals surface area contributed by atoms with Crippen molar-refractivity contribution in [3.63, 3.8) is 0 Å². The molecule has 3 nitrogen and oxygen atoms in total. The standard InChI is InChI=1S/C14H17ClN2OS/c1-3-11(16)7-10-5-4-6-12(15)13(10)19-14-17-9(2)8-18-14/h4-6,8,11H,3,7,16H2,1-2H3. The van der Waals surface area contributed by atoms with Gasteiger partial charge in [-0.15, -0.1) is 0 Å². The quantitative estimate of drug-likeness (QED) is 0.903. The highest BCUT2D eigenvalue weighted by Gasteiger charge is 2.14. The second-order valence-electron chi connectivity index (χ2n) is 4.46. The minimum atomic E-state index is 0.143. The second kappa shape index (κ2) is 6.46. The lowest BCUT2D eigenvalue weighted by Crippen LogP contribution is -2.21. The minimum absolute atomic E-state index is 0.143. The predicted octanol–water partition coefficient (Wildman–Crippen LogP) is 4.07. The Hall–Kier alpha value is -0.970. The molecule has 1 aromatic heterocycles. The van der Waals surface area contributed by atoms with Crippen molar-refractivity contribution in [2.45, 2.75) is 42.8 Å². The third-order valence-corrected chi connectivity index (χ3v) is 4.32. The summed E-state index contributed by atoms with van der Waals surface area (Å²) < 4.78 is 5.37. The fourth-order valence-electron chi connectivity index (χ4n) is 1.72. The average Bonchev–Trinajstić information content (AvgIpc) is 2.79. The fraction of sp³-hybridized carbons (Fsp3) is 0.357. The molecule has 0 saturated carbocycles. The summed E-state index contributed by atoms with van der Waals surface area (Å²) in [5.41, 5.74) is 8.03. The number of benzene rings is 1. The van der Waals surface area contributed by atoms with E-state index in [4.69, 9.17) is 21.8 Å². The average molecular weight is 297 g/mol. The molecule has 19 heavy (non-hydrogen) atoms. The Bertz CT molecular complexity index is 556. The summed E-state index contributed by atoms with van der Waals surface area (Å²) in [5.74, 6) is 0. The van der Waals surface area contributed by atoms with Gasteiger partial charge in [0.25, 0.3) is 5.22 Å². The van der Waals surface area contributed by atoms with Gasteiger partial charge in [0.05, 0.1) is 10.7 Å². The molecule has 0 spiro atoms. The molecule has 0 aliphatic carbocycles. The third kappa shape index (κ3) is 3.75. The van der Waals surface area contributed by atoms with Gasteiger partial charge in [0.15, 0.2) is 0 Å². The number of hydrogen-bond acceptors (Lipinski definition) is 4. The highest BCUT2D eigenvalue weighted by Crippen LogP contribution is 2.36. The Balaban J connectivity index is 2.27. The van der Waals surface area contributed by atoms with E-state index in [1.54, 1.807) is 6.26 Å².